The molecule has 8 aromatic carbocycles. The summed E-state index contributed by atoms with van der Waals surface area (Å²) in [5, 5.41) is 14.2. The molecule has 15 nitrogen and oxygen atoms in total. The number of benzene rings is 8. The summed E-state index contributed by atoms with van der Waals surface area (Å²) in [5.41, 5.74) is -14.7. The van der Waals surface area contributed by atoms with E-state index in [1.54, 1.807) is 0 Å². The van der Waals surface area contributed by atoms with Crippen molar-refractivity contribution >= 4 is 41.8 Å². The summed E-state index contributed by atoms with van der Waals surface area (Å²) in [6, 6.07) is 23.9. The van der Waals surface area contributed by atoms with E-state index in [1.807, 2.05) is 0 Å². The summed E-state index contributed by atoms with van der Waals surface area (Å²) in [4.78, 5) is -3.90. The third-order valence-corrected chi connectivity index (χ3v) is 18.2. The first-order valence-electron chi connectivity index (χ1n) is 24.0. The van der Waals surface area contributed by atoms with Crippen LogP contribution in [-0.2, 0) is 50.0 Å². The van der Waals surface area contributed by atoms with Gasteiger partial charge in [-0.3, -0.25) is 5.04 Å². The topological polar surface area (TPSA) is 213 Å². The fraction of sp³-hybridized carbons (Fsp3) is 0.143. The summed E-state index contributed by atoms with van der Waals surface area (Å²) in [6.45, 7) is 0. The number of methoxy groups -OCH3 is 2. The van der Waals surface area contributed by atoms with E-state index < -0.39 is 130 Å². The van der Waals surface area contributed by atoms with Gasteiger partial charge in [-0.05, 0) is 156 Å². The van der Waals surface area contributed by atoms with Crippen LogP contribution in [0.15, 0.2) is 211 Å². The molecule has 0 fully saturated rings. The minimum Gasteiger partial charge on any atom is -0.744 e. The van der Waals surface area contributed by atoms with Gasteiger partial charge >= 0.3 is 83.8 Å². The van der Waals surface area contributed by atoms with E-state index in [9.17, 15) is 61.4 Å². The number of rotatable bonds is 20. The van der Waals surface area contributed by atoms with Gasteiger partial charge in [0.05, 0.1) is 55.6 Å². The maximum Gasteiger partial charge on any atom is 1.00 e. The Kier molecular flexibility index (Phi) is 22.2. The normalized spacial score (nSPS) is 12.7. The van der Waals surface area contributed by atoms with Crippen LogP contribution in [0.5, 0.6) is 46.0 Å². The zero-order chi connectivity index (χ0) is 63.8. The number of hydrogen-bond donors (Lipinski definition) is 0. The van der Waals surface area contributed by atoms with Crippen molar-refractivity contribution < 1.29 is 180 Å². The zero-order valence-corrected chi connectivity index (χ0v) is 52.9. The molecule has 0 aliphatic rings. The quantitative estimate of drug-likeness (QED) is 0.0178. The second-order valence-corrected chi connectivity index (χ2v) is 24.1. The largest absolute Gasteiger partial charge is 1.00 e. The molecule has 0 saturated carbocycles. The molecule has 8 aromatic rings. The molecule has 33 heteroatoms. The molecule has 0 aliphatic carbocycles. The van der Waals surface area contributed by atoms with Gasteiger partial charge in [0.15, 0.2) is 0 Å². The van der Waals surface area contributed by atoms with Crippen molar-refractivity contribution in [1.82, 2.24) is 0 Å². The summed E-state index contributed by atoms with van der Waals surface area (Å²) < 4.78 is 302. The molecule has 0 amide bonds. The maximum absolute atomic E-state index is 15.2. The third-order valence-electron chi connectivity index (χ3n) is 13.2. The molecule has 0 N–H and O–H groups in total. The van der Waals surface area contributed by atoms with Crippen molar-refractivity contribution in [1.29, 1.82) is 0 Å². The minimum atomic E-state index is -6.08. The molecule has 0 saturated heterocycles. The molecule has 0 unspecified atom stereocenters. The second-order valence-electron chi connectivity index (χ2n) is 18.1. The van der Waals surface area contributed by atoms with E-state index in [2.05, 4.69) is 9.37 Å². The fourth-order valence-electron chi connectivity index (χ4n) is 9.02. The predicted molar refractivity (Wildman–Crippen MR) is 278 cm³/mol. The SMILES string of the molecule is COc1ccc(C(c2ccc(Oc3ccc(S(=O)(=O)c4ccc(Oc5ccc(C(c6ccc(Oc7ccc(S(=O)(=O)c8ccc(OC)cc8)cc7)cc6)(C(F)(F)F)C(F)(F)F)cc5)c(SOO[O-])c4)cc3S(=O)(=O)[O-])cc2)(C(F)(F)F)C(F)(F)F)cc1.[Na+].[Na+]. The molecule has 0 atom stereocenters. The van der Waals surface area contributed by atoms with Gasteiger partial charge < -0.3 is 33.5 Å². The standard InChI is InChI=1S/C56H38F12O15S4.2Na/c1-77-37-11-3-33(4-12-37)51(53(57,58)59,54(60,61)62)36-9-17-42(18-10-36)81-48-30-28-46(32-50(48)87(74,75)76)86(72,73)45-27-29-47(49(31-45)84-83-82-69)80-41-15-7-35(8-16-41)52(55(63,64)65,56(66,67)68)34-5-13-39(14-6-34)79-40-21-25-44(26-22-40)85(70,71)43-23-19-38(78-2)20-24-43;;/h3-32,69H,1-2H3,(H,74,75,76);;/q;2*+1/p-2. The van der Waals surface area contributed by atoms with Crippen molar-refractivity contribution in [3.8, 4) is 46.0 Å². The van der Waals surface area contributed by atoms with Gasteiger partial charge in [-0.25, -0.2) is 25.3 Å². The van der Waals surface area contributed by atoms with E-state index >= 15 is 26.3 Å². The molecule has 0 heterocycles. The van der Waals surface area contributed by atoms with E-state index in [-0.39, 0.29) is 98.2 Å². The molecule has 0 bridgehead atoms. The number of hydrogen-bond acceptors (Lipinski definition) is 16. The molecule has 0 radical (unpaired) electrons. The average molecular weight is 1350 g/mol. The van der Waals surface area contributed by atoms with Crippen LogP contribution in [0.25, 0.3) is 0 Å². The number of ether oxygens (including phenoxy) is 5. The third kappa shape index (κ3) is 14.5. The Morgan fingerprint density at radius 3 is 0.989 bits per heavy atom. The van der Waals surface area contributed by atoms with Crippen molar-refractivity contribution in [2.24, 2.45) is 0 Å². The molecule has 460 valence electrons. The van der Waals surface area contributed by atoms with Gasteiger partial charge in [-0.2, -0.15) is 57.0 Å². The monoisotopic (exact) mass is 1350 g/mol. The summed E-state index contributed by atoms with van der Waals surface area (Å²) in [6.07, 6.45) is -24.2. The van der Waals surface area contributed by atoms with Gasteiger partial charge in [0, 0.05) is 0 Å². The molecular formula is C56H36F12Na2O15S4. The van der Waals surface area contributed by atoms with Crippen LogP contribution < -0.4 is 88.1 Å². The molecule has 0 aromatic heterocycles. The Morgan fingerprint density at radius 1 is 0.371 bits per heavy atom. The van der Waals surface area contributed by atoms with Gasteiger partial charge in [-0.15, -0.1) is 0 Å². The van der Waals surface area contributed by atoms with E-state index in [4.69, 9.17) is 23.7 Å². The van der Waals surface area contributed by atoms with E-state index in [1.165, 1.54) is 55.6 Å². The van der Waals surface area contributed by atoms with Gasteiger partial charge in [0.25, 0.3) is 0 Å². The van der Waals surface area contributed by atoms with Gasteiger partial charge in [0.2, 0.25) is 30.5 Å². The summed E-state index contributed by atoms with van der Waals surface area (Å²) in [7, 11) is -12.3. The zero-order valence-electron chi connectivity index (χ0n) is 45.6. The number of halogens is 12. The van der Waals surface area contributed by atoms with Crippen LogP contribution in [0.4, 0.5) is 52.7 Å². The van der Waals surface area contributed by atoms with Gasteiger partial charge in [-0.1, -0.05) is 48.5 Å². The minimum absolute atomic E-state index is 0. The van der Waals surface area contributed by atoms with Crippen molar-refractivity contribution in [2.45, 2.75) is 64.9 Å². The van der Waals surface area contributed by atoms with Crippen LogP contribution in [-0.4, -0.2) is 68.7 Å². The summed E-state index contributed by atoms with van der Waals surface area (Å²) in [5.74, 6) is -2.52. The number of alkyl halides is 12. The Labute approximate surface area is 546 Å². The number of sulfone groups is 2. The smallest absolute Gasteiger partial charge is 0.744 e. The average Bonchev–Trinajstić information content (AvgIpc) is 0.784. The fourth-order valence-corrected chi connectivity index (χ4v) is 12.8. The van der Waals surface area contributed by atoms with Gasteiger partial charge in [0.1, 0.15) is 56.1 Å². The Bertz CT molecular complexity index is 4100. The molecule has 0 aliphatic heterocycles. The first-order valence-corrected chi connectivity index (χ1v) is 29.1. The first-order chi connectivity index (χ1) is 40.6. The molecule has 89 heavy (non-hydrogen) atoms. The van der Waals surface area contributed by atoms with E-state index in [0.717, 1.165) is 43.5 Å². The predicted octanol–water partition coefficient (Wildman–Crippen LogP) is 7.71. The van der Waals surface area contributed by atoms with Crippen LogP contribution in [0.3, 0.4) is 0 Å². The maximum atomic E-state index is 15.2. The van der Waals surface area contributed by atoms with Crippen LogP contribution in [0.2, 0.25) is 0 Å². The summed E-state index contributed by atoms with van der Waals surface area (Å²) >= 11 is -0.0330. The van der Waals surface area contributed by atoms with Crippen LogP contribution >= 0.6 is 12.0 Å². The van der Waals surface area contributed by atoms with Crippen molar-refractivity contribution in [2.75, 3.05) is 14.2 Å². The molecular weight excluding hydrogens is 1310 g/mol. The van der Waals surface area contributed by atoms with Crippen LogP contribution in [0, 0.1) is 0 Å². The van der Waals surface area contributed by atoms with Crippen LogP contribution in [0.1, 0.15) is 22.3 Å². The van der Waals surface area contributed by atoms with Crippen molar-refractivity contribution in [3.63, 3.8) is 0 Å². The molecule has 8 rings (SSSR count). The molecule has 0 spiro atoms. The Morgan fingerprint density at radius 2 is 0.652 bits per heavy atom. The first kappa shape index (κ1) is 72.0. The second kappa shape index (κ2) is 27.4. The Balaban J connectivity index is 0.00000631. The van der Waals surface area contributed by atoms with Crippen molar-refractivity contribution in [3.05, 3.63) is 204 Å². The van der Waals surface area contributed by atoms with E-state index in [0.29, 0.717) is 103 Å². The Hall–Kier alpha value is -6.04.